The highest BCUT2D eigenvalue weighted by molar-refractivity contribution is 5.81. The summed E-state index contributed by atoms with van der Waals surface area (Å²) < 4.78 is 0. The zero-order chi connectivity index (χ0) is 9.97. The van der Waals surface area contributed by atoms with Crippen molar-refractivity contribution in [3.05, 3.63) is 0 Å². The zero-order valence-corrected chi connectivity index (χ0v) is 8.88. The molecule has 14 heavy (non-hydrogen) atoms. The molecule has 0 radical (unpaired) electrons. The molecule has 0 spiro atoms. The summed E-state index contributed by atoms with van der Waals surface area (Å²) in [5.74, 6) is 1.94. The Bertz CT molecular complexity index is 213. The molecule has 2 rings (SSSR count). The molecule has 80 valence electrons. The van der Waals surface area contributed by atoms with Crippen LogP contribution in [-0.2, 0) is 4.79 Å². The minimum absolute atomic E-state index is 0.0781. The van der Waals surface area contributed by atoms with Gasteiger partial charge in [-0.15, -0.1) is 0 Å². The van der Waals surface area contributed by atoms with Crippen molar-refractivity contribution in [3.8, 4) is 0 Å². The van der Waals surface area contributed by atoms with Gasteiger partial charge in [0.1, 0.15) is 0 Å². The molecule has 0 aromatic carbocycles. The molecule has 2 aliphatic rings. The third-order valence-electron chi connectivity index (χ3n) is 3.40. The van der Waals surface area contributed by atoms with Crippen molar-refractivity contribution in [1.29, 1.82) is 0 Å². The normalized spacial score (nSPS) is 32.6. The van der Waals surface area contributed by atoms with Crippen LogP contribution in [-0.4, -0.2) is 25.0 Å². The van der Waals surface area contributed by atoms with E-state index in [0.717, 1.165) is 31.3 Å². The number of piperidine rings is 1. The number of carbonyl (C=O) groups excluding carboxylic acids is 1. The Balaban J connectivity index is 1.83. The third kappa shape index (κ3) is 2.27. The van der Waals surface area contributed by atoms with Gasteiger partial charge in [0.2, 0.25) is 5.91 Å². The maximum absolute atomic E-state index is 11.6. The number of amides is 1. The summed E-state index contributed by atoms with van der Waals surface area (Å²) in [7, 11) is 0. The van der Waals surface area contributed by atoms with Gasteiger partial charge in [0.25, 0.3) is 0 Å². The van der Waals surface area contributed by atoms with E-state index in [1.807, 2.05) is 6.92 Å². The predicted molar refractivity (Wildman–Crippen MR) is 55.9 cm³/mol. The van der Waals surface area contributed by atoms with Crippen LogP contribution in [0.2, 0.25) is 0 Å². The Labute approximate surface area is 85.6 Å². The second-order valence-corrected chi connectivity index (χ2v) is 4.52. The minimum atomic E-state index is 0.0781. The standard InChI is InChI=1S/C11H20N2O/c1-2-12-11(14)10-7-9(5-6-13-10)8-3-4-8/h8-10,13H,2-7H2,1H3,(H,12,14). The monoisotopic (exact) mass is 196 g/mol. The van der Waals surface area contributed by atoms with Crippen LogP contribution in [0.5, 0.6) is 0 Å². The highest BCUT2D eigenvalue weighted by atomic mass is 16.2. The van der Waals surface area contributed by atoms with Crippen LogP contribution in [0.3, 0.4) is 0 Å². The lowest BCUT2D eigenvalue weighted by molar-refractivity contribution is -0.124. The fraction of sp³-hybridized carbons (Fsp3) is 0.909. The summed E-state index contributed by atoms with van der Waals surface area (Å²) in [6.07, 6.45) is 5.11. The van der Waals surface area contributed by atoms with E-state index in [-0.39, 0.29) is 11.9 Å². The van der Waals surface area contributed by atoms with E-state index in [9.17, 15) is 4.79 Å². The number of rotatable bonds is 3. The maximum atomic E-state index is 11.6. The van der Waals surface area contributed by atoms with Gasteiger partial charge in [0.15, 0.2) is 0 Å². The van der Waals surface area contributed by atoms with E-state index >= 15 is 0 Å². The van der Waals surface area contributed by atoms with Crippen LogP contribution in [0.15, 0.2) is 0 Å². The summed E-state index contributed by atoms with van der Waals surface area (Å²) in [4.78, 5) is 11.6. The summed E-state index contributed by atoms with van der Waals surface area (Å²) in [6, 6.07) is 0.0781. The van der Waals surface area contributed by atoms with E-state index < -0.39 is 0 Å². The molecule has 0 aromatic heterocycles. The topological polar surface area (TPSA) is 41.1 Å². The lowest BCUT2D eigenvalue weighted by Crippen LogP contribution is -2.49. The van der Waals surface area contributed by atoms with Gasteiger partial charge in [-0.2, -0.15) is 0 Å². The molecule has 0 bridgehead atoms. The molecule has 2 fully saturated rings. The summed E-state index contributed by atoms with van der Waals surface area (Å²) in [6.45, 7) is 3.73. The molecule has 1 saturated heterocycles. The van der Waals surface area contributed by atoms with Crippen molar-refractivity contribution in [3.63, 3.8) is 0 Å². The van der Waals surface area contributed by atoms with Crippen LogP contribution >= 0.6 is 0 Å². The van der Waals surface area contributed by atoms with Crippen molar-refractivity contribution in [2.24, 2.45) is 11.8 Å². The van der Waals surface area contributed by atoms with Crippen molar-refractivity contribution < 1.29 is 4.79 Å². The quantitative estimate of drug-likeness (QED) is 0.704. The smallest absolute Gasteiger partial charge is 0.237 e. The molecule has 3 heteroatoms. The molecule has 1 amide bonds. The number of nitrogens with one attached hydrogen (secondary N) is 2. The molecule has 2 atom stereocenters. The van der Waals surface area contributed by atoms with Crippen LogP contribution in [0, 0.1) is 11.8 Å². The predicted octanol–water partition coefficient (Wildman–Crippen LogP) is 0.901. The van der Waals surface area contributed by atoms with Gasteiger partial charge in [0, 0.05) is 6.54 Å². The lowest BCUT2D eigenvalue weighted by atomic mass is 9.88. The van der Waals surface area contributed by atoms with Gasteiger partial charge in [0.05, 0.1) is 6.04 Å². The molecule has 1 heterocycles. The SMILES string of the molecule is CCNC(=O)C1CC(C2CC2)CCN1. The first kappa shape index (κ1) is 9.97. The van der Waals surface area contributed by atoms with E-state index in [1.165, 1.54) is 19.3 Å². The van der Waals surface area contributed by atoms with E-state index in [2.05, 4.69) is 10.6 Å². The first-order valence-corrected chi connectivity index (χ1v) is 5.82. The van der Waals surface area contributed by atoms with Crippen LogP contribution in [0.1, 0.15) is 32.6 Å². The second-order valence-electron chi connectivity index (χ2n) is 4.52. The molecule has 1 aliphatic heterocycles. The molecule has 1 saturated carbocycles. The molecule has 1 aliphatic carbocycles. The molecular weight excluding hydrogens is 176 g/mol. The van der Waals surface area contributed by atoms with E-state index in [0.29, 0.717) is 0 Å². The summed E-state index contributed by atoms with van der Waals surface area (Å²) in [5, 5.41) is 6.20. The van der Waals surface area contributed by atoms with Crippen LogP contribution in [0.25, 0.3) is 0 Å². The lowest BCUT2D eigenvalue weighted by Gasteiger charge is -2.29. The Morgan fingerprint density at radius 3 is 2.79 bits per heavy atom. The minimum Gasteiger partial charge on any atom is -0.355 e. The first-order chi connectivity index (χ1) is 6.81. The van der Waals surface area contributed by atoms with E-state index in [1.54, 1.807) is 0 Å². The van der Waals surface area contributed by atoms with Crippen molar-refractivity contribution in [2.75, 3.05) is 13.1 Å². The number of hydrogen-bond acceptors (Lipinski definition) is 2. The molecular formula is C11H20N2O. The van der Waals surface area contributed by atoms with E-state index in [4.69, 9.17) is 0 Å². The van der Waals surface area contributed by atoms with Gasteiger partial charge in [-0.05, 0) is 51.0 Å². The van der Waals surface area contributed by atoms with Crippen LogP contribution in [0.4, 0.5) is 0 Å². The molecule has 0 aromatic rings. The van der Waals surface area contributed by atoms with Crippen LogP contribution < -0.4 is 10.6 Å². The van der Waals surface area contributed by atoms with Gasteiger partial charge in [-0.25, -0.2) is 0 Å². The van der Waals surface area contributed by atoms with Crippen molar-refractivity contribution in [1.82, 2.24) is 10.6 Å². The average Bonchev–Trinajstić information content (AvgIpc) is 3.02. The molecule has 3 nitrogen and oxygen atoms in total. The Morgan fingerprint density at radius 1 is 1.36 bits per heavy atom. The second kappa shape index (κ2) is 4.30. The number of hydrogen-bond donors (Lipinski definition) is 2. The Hall–Kier alpha value is -0.570. The van der Waals surface area contributed by atoms with Crippen molar-refractivity contribution >= 4 is 5.91 Å². The fourth-order valence-corrected chi connectivity index (χ4v) is 2.44. The summed E-state index contributed by atoms with van der Waals surface area (Å²) in [5.41, 5.74) is 0. The van der Waals surface area contributed by atoms with Crippen molar-refractivity contribution in [2.45, 2.75) is 38.6 Å². The highest BCUT2D eigenvalue weighted by Crippen LogP contribution is 2.41. The third-order valence-corrected chi connectivity index (χ3v) is 3.40. The fourth-order valence-electron chi connectivity index (χ4n) is 2.44. The van der Waals surface area contributed by atoms with Gasteiger partial charge >= 0.3 is 0 Å². The average molecular weight is 196 g/mol. The van der Waals surface area contributed by atoms with Gasteiger partial charge in [-0.1, -0.05) is 0 Å². The first-order valence-electron chi connectivity index (χ1n) is 5.82. The maximum Gasteiger partial charge on any atom is 0.237 e. The number of carbonyl (C=O) groups is 1. The van der Waals surface area contributed by atoms with Gasteiger partial charge in [-0.3, -0.25) is 4.79 Å². The zero-order valence-electron chi connectivity index (χ0n) is 8.88. The Morgan fingerprint density at radius 2 is 2.14 bits per heavy atom. The van der Waals surface area contributed by atoms with Gasteiger partial charge < -0.3 is 10.6 Å². The molecule has 2 unspecified atom stereocenters. The summed E-state index contributed by atoms with van der Waals surface area (Å²) >= 11 is 0. The Kier molecular flexibility index (Phi) is 3.06. The molecule has 2 N–H and O–H groups in total. The largest absolute Gasteiger partial charge is 0.355 e. The number of likely N-dealkylation sites (N-methyl/N-ethyl adjacent to an activating group) is 1. The highest BCUT2D eigenvalue weighted by Gasteiger charge is 2.36.